The van der Waals surface area contributed by atoms with Crippen molar-refractivity contribution in [1.82, 2.24) is 9.78 Å². The Kier molecular flexibility index (Phi) is 4.91. The van der Waals surface area contributed by atoms with Crippen LogP contribution in [0.4, 0.5) is 0 Å². The van der Waals surface area contributed by atoms with Gasteiger partial charge in [-0.2, -0.15) is 5.10 Å². The van der Waals surface area contributed by atoms with Crippen molar-refractivity contribution >= 4 is 20.6 Å². The second-order valence-electron chi connectivity index (χ2n) is 7.21. The molecular formula is C21H24N2O3S. The number of hydrogen-bond acceptors (Lipinski definition) is 4. The predicted octanol–water partition coefficient (Wildman–Crippen LogP) is 3.93. The highest BCUT2D eigenvalue weighted by Crippen LogP contribution is 2.28. The number of aromatic nitrogens is 2. The first-order valence-electron chi connectivity index (χ1n) is 9.42. The smallest absolute Gasteiger partial charge is 0.150 e. The van der Waals surface area contributed by atoms with Crippen molar-refractivity contribution in [2.75, 3.05) is 18.1 Å². The molecule has 1 aliphatic rings. The van der Waals surface area contributed by atoms with E-state index < -0.39 is 9.84 Å². The molecule has 3 aromatic rings. The lowest BCUT2D eigenvalue weighted by Crippen LogP contribution is -2.09. The van der Waals surface area contributed by atoms with E-state index >= 15 is 0 Å². The SMILES string of the molecule is CCn1cc(-c2ccc3ccc(OCCC4CCS(=O)(=O)C4)cc3c2)cn1. The quantitative estimate of drug-likeness (QED) is 0.646. The van der Waals surface area contributed by atoms with Gasteiger partial charge in [0.25, 0.3) is 0 Å². The van der Waals surface area contributed by atoms with Gasteiger partial charge in [-0.3, -0.25) is 4.68 Å². The lowest BCUT2D eigenvalue weighted by Gasteiger charge is -2.10. The van der Waals surface area contributed by atoms with E-state index in [-0.39, 0.29) is 5.92 Å². The van der Waals surface area contributed by atoms with Gasteiger partial charge in [-0.1, -0.05) is 18.2 Å². The minimum absolute atomic E-state index is 0.233. The molecule has 0 saturated carbocycles. The van der Waals surface area contributed by atoms with Crippen molar-refractivity contribution in [1.29, 1.82) is 0 Å². The Hall–Kier alpha value is -2.34. The number of fused-ring (bicyclic) bond motifs is 1. The zero-order valence-corrected chi connectivity index (χ0v) is 16.3. The Morgan fingerprint density at radius 3 is 2.74 bits per heavy atom. The first-order valence-corrected chi connectivity index (χ1v) is 11.2. The molecule has 0 N–H and O–H groups in total. The molecule has 1 atom stereocenters. The summed E-state index contributed by atoms with van der Waals surface area (Å²) in [7, 11) is -2.81. The summed E-state index contributed by atoms with van der Waals surface area (Å²) in [6, 6.07) is 12.5. The standard InChI is InChI=1S/C21H24N2O3S/c1-2-23-14-20(13-22-23)18-4-3-17-5-6-21(12-19(17)11-18)26-9-7-16-8-10-27(24,25)15-16/h3-6,11-14,16H,2,7-10,15H2,1H3. The van der Waals surface area contributed by atoms with Crippen LogP contribution in [0, 0.1) is 5.92 Å². The van der Waals surface area contributed by atoms with E-state index in [0.717, 1.165) is 47.0 Å². The number of hydrogen-bond donors (Lipinski definition) is 0. The van der Waals surface area contributed by atoms with Crippen molar-refractivity contribution in [3.8, 4) is 16.9 Å². The number of ether oxygens (including phenoxy) is 1. The van der Waals surface area contributed by atoms with Crippen molar-refractivity contribution in [2.24, 2.45) is 5.92 Å². The number of benzene rings is 2. The Morgan fingerprint density at radius 2 is 2.00 bits per heavy atom. The molecule has 0 amide bonds. The summed E-state index contributed by atoms with van der Waals surface area (Å²) in [6.45, 7) is 3.48. The molecule has 1 aliphatic heterocycles. The Bertz CT molecular complexity index is 1060. The van der Waals surface area contributed by atoms with Crippen LogP contribution in [0.3, 0.4) is 0 Å². The monoisotopic (exact) mass is 384 g/mol. The maximum absolute atomic E-state index is 11.5. The van der Waals surface area contributed by atoms with E-state index in [1.807, 2.05) is 16.9 Å². The van der Waals surface area contributed by atoms with Crippen molar-refractivity contribution in [3.63, 3.8) is 0 Å². The molecule has 2 aromatic carbocycles. The lowest BCUT2D eigenvalue weighted by atomic mass is 10.0. The average molecular weight is 385 g/mol. The Morgan fingerprint density at radius 1 is 1.15 bits per heavy atom. The van der Waals surface area contributed by atoms with Crippen LogP contribution in [0.5, 0.6) is 5.75 Å². The largest absolute Gasteiger partial charge is 0.494 e. The van der Waals surface area contributed by atoms with Gasteiger partial charge >= 0.3 is 0 Å². The Labute approximate surface area is 159 Å². The first kappa shape index (κ1) is 18.0. The van der Waals surface area contributed by atoms with Crippen LogP contribution in [0.25, 0.3) is 21.9 Å². The van der Waals surface area contributed by atoms with Crippen molar-refractivity contribution < 1.29 is 13.2 Å². The van der Waals surface area contributed by atoms with Gasteiger partial charge in [-0.25, -0.2) is 8.42 Å². The van der Waals surface area contributed by atoms with Crippen LogP contribution in [0.15, 0.2) is 48.8 Å². The Balaban J connectivity index is 1.46. The maximum atomic E-state index is 11.5. The zero-order valence-electron chi connectivity index (χ0n) is 15.5. The average Bonchev–Trinajstić information content (AvgIpc) is 3.27. The normalized spacial score (nSPS) is 18.8. The number of aryl methyl sites for hydroxylation is 1. The van der Waals surface area contributed by atoms with E-state index in [1.165, 1.54) is 0 Å². The molecular weight excluding hydrogens is 360 g/mol. The number of sulfone groups is 1. The molecule has 0 bridgehead atoms. The third-order valence-electron chi connectivity index (χ3n) is 5.22. The van der Waals surface area contributed by atoms with E-state index in [2.05, 4.69) is 48.6 Å². The third-order valence-corrected chi connectivity index (χ3v) is 7.06. The molecule has 0 spiro atoms. The van der Waals surface area contributed by atoms with Gasteiger partial charge in [-0.05, 0) is 60.2 Å². The second kappa shape index (κ2) is 7.35. The van der Waals surface area contributed by atoms with E-state index in [0.29, 0.717) is 18.1 Å². The molecule has 4 rings (SSSR count). The third kappa shape index (κ3) is 4.16. The number of nitrogens with zero attached hydrogens (tertiary/aromatic N) is 2. The molecule has 27 heavy (non-hydrogen) atoms. The lowest BCUT2D eigenvalue weighted by molar-refractivity contribution is 0.286. The van der Waals surface area contributed by atoms with Crippen LogP contribution in [-0.2, 0) is 16.4 Å². The van der Waals surface area contributed by atoms with Crippen LogP contribution in [-0.4, -0.2) is 36.3 Å². The summed E-state index contributed by atoms with van der Waals surface area (Å²) in [5.74, 6) is 1.69. The van der Waals surface area contributed by atoms with Gasteiger partial charge in [0.15, 0.2) is 9.84 Å². The summed E-state index contributed by atoms with van der Waals surface area (Å²) in [5.41, 5.74) is 2.24. The summed E-state index contributed by atoms with van der Waals surface area (Å²) >= 11 is 0. The molecule has 1 saturated heterocycles. The van der Waals surface area contributed by atoms with E-state index in [9.17, 15) is 8.42 Å². The summed E-state index contributed by atoms with van der Waals surface area (Å²) in [6.07, 6.45) is 5.49. The second-order valence-corrected chi connectivity index (χ2v) is 9.44. The topological polar surface area (TPSA) is 61.2 Å². The molecule has 1 aromatic heterocycles. The van der Waals surface area contributed by atoms with Crippen LogP contribution in [0.1, 0.15) is 19.8 Å². The molecule has 0 radical (unpaired) electrons. The van der Waals surface area contributed by atoms with E-state index in [4.69, 9.17) is 4.74 Å². The summed E-state index contributed by atoms with van der Waals surface area (Å²) in [5, 5.41) is 6.63. The molecule has 142 valence electrons. The molecule has 2 heterocycles. The fraction of sp³-hybridized carbons (Fsp3) is 0.381. The fourth-order valence-corrected chi connectivity index (χ4v) is 5.53. The van der Waals surface area contributed by atoms with Crippen molar-refractivity contribution in [2.45, 2.75) is 26.3 Å². The first-order chi connectivity index (χ1) is 13.0. The molecule has 5 nitrogen and oxygen atoms in total. The minimum atomic E-state index is -2.81. The summed E-state index contributed by atoms with van der Waals surface area (Å²) in [4.78, 5) is 0. The van der Waals surface area contributed by atoms with E-state index in [1.54, 1.807) is 0 Å². The van der Waals surface area contributed by atoms with Crippen molar-refractivity contribution in [3.05, 3.63) is 48.8 Å². The van der Waals surface area contributed by atoms with Gasteiger partial charge in [0, 0.05) is 18.3 Å². The zero-order chi connectivity index (χ0) is 18.9. The maximum Gasteiger partial charge on any atom is 0.150 e. The molecule has 1 fully saturated rings. The molecule has 1 unspecified atom stereocenters. The minimum Gasteiger partial charge on any atom is -0.494 e. The van der Waals surface area contributed by atoms with Gasteiger partial charge < -0.3 is 4.74 Å². The highest BCUT2D eigenvalue weighted by Gasteiger charge is 2.27. The molecule has 6 heteroatoms. The van der Waals surface area contributed by atoms with Gasteiger partial charge in [0.2, 0.25) is 0 Å². The molecule has 0 aliphatic carbocycles. The highest BCUT2D eigenvalue weighted by molar-refractivity contribution is 7.91. The summed E-state index contributed by atoms with van der Waals surface area (Å²) < 4.78 is 30.9. The highest BCUT2D eigenvalue weighted by atomic mass is 32.2. The fourth-order valence-electron chi connectivity index (χ4n) is 3.62. The van der Waals surface area contributed by atoms with Crippen LogP contribution in [0.2, 0.25) is 0 Å². The van der Waals surface area contributed by atoms with Gasteiger partial charge in [0.1, 0.15) is 5.75 Å². The van der Waals surface area contributed by atoms with Gasteiger partial charge in [0.05, 0.1) is 24.3 Å². The van der Waals surface area contributed by atoms with Crippen LogP contribution >= 0.6 is 0 Å². The van der Waals surface area contributed by atoms with Gasteiger partial charge in [-0.15, -0.1) is 0 Å². The van der Waals surface area contributed by atoms with Crippen LogP contribution < -0.4 is 4.74 Å². The predicted molar refractivity (Wildman–Crippen MR) is 108 cm³/mol. The number of rotatable bonds is 6.